The Hall–Kier alpha value is -0.0800. The molecule has 0 aromatic heterocycles. The first-order valence-corrected chi connectivity index (χ1v) is 8.85. The molecule has 0 aromatic rings. The minimum Gasteiger partial charge on any atom is -0.393 e. The van der Waals surface area contributed by atoms with Crippen molar-refractivity contribution in [2.75, 3.05) is 6.61 Å². The molecule has 3 atom stereocenters. The van der Waals surface area contributed by atoms with Gasteiger partial charge in [-0.2, -0.15) is 0 Å². The summed E-state index contributed by atoms with van der Waals surface area (Å²) >= 11 is 0. The third-order valence-corrected chi connectivity index (χ3v) is 6.53. The fourth-order valence-electron chi connectivity index (χ4n) is 5.22. The van der Waals surface area contributed by atoms with E-state index in [0.29, 0.717) is 17.3 Å². The lowest BCUT2D eigenvalue weighted by molar-refractivity contribution is -0.143. The molecule has 1 saturated heterocycles. The summed E-state index contributed by atoms with van der Waals surface area (Å²) in [7, 11) is 0. The Morgan fingerprint density at radius 1 is 1.00 bits per heavy atom. The SMILES string of the molecule is CC1(C)CCCC1C(O)C1CCOC2(CCCCC2)C1. The first-order valence-electron chi connectivity index (χ1n) is 8.85. The molecule has 3 aliphatic rings. The highest BCUT2D eigenvalue weighted by molar-refractivity contribution is 4.96. The van der Waals surface area contributed by atoms with Gasteiger partial charge < -0.3 is 9.84 Å². The van der Waals surface area contributed by atoms with Crippen LogP contribution in [0.15, 0.2) is 0 Å². The highest BCUT2D eigenvalue weighted by Crippen LogP contribution is 2.49. The van der Waals surface area contributed by atoms with Crippen LogP contribution in [-0.4, -0.2) is 23.4 Å². The molecule has 3 rings (SSSR count). The van der Waals surface area contributed by atoms with E-state index in [1.807, 2.05) is 0 Å². The van der Waals surface area contributed by atoms with Gasteiger partial charge in [0.25, 0.3) is 0 Å². The summed E-state index contributed by atoms with van der Waals surface area (Å²) in [6, 6.07) is 0. The van der Waals surface area contributed by atoms with Crippen LogP contribution in [0.3, 0.4) is 0 Å². The van der Waals surface area contributed by atoms with Gasteiger partial charge in [-0.05, 0) is 55.8 Å². The van der Waals surface area contributed by atoms with Crippen LogP contribution in [0, 0.1) is 17.3 Å². The summed E-state index contributed by atoms with van der Waals surface area (Å²) in [5, 5.41) is 11.0. The maximum atomic E-state index is 11.0. The van der Waals surface area contributed by atoms with Crippen LogP contribution in [0.2, 0.25) is 0 Å². The largest absolute Gasteiger partial charge is 0.393 e. The Labute approximate surface area is 124 Å². The quantitative estimate of drug-likeness (QED) is 0.817. The molecule has 2 heteroatoms. The van der Waals surface area contributed by atoms with Gasteiger partial charge in [-0.1, -0.05) is 39.5 Å². The van der Waals surface area contributed by atoms with Gasteiger partial charge in [-0.25, -0.2) is 0 Å². The van der Waals surface area contributed by atoms with E-state index in [9.17, 15) is 5.11 Å². The zero-order chi connectivity index (χ0) is 14.2. The monoisotopic (exact) mass is 280 g/mol. The molecule has 2 aliphatic carbocycles. The third kappa shape index (κ3) is 2.78. The van der Waals surface area contributed by atoms with Gasteiger partial charge in [0.05, 0.1) is 11.7 Å². The molecule has 0 radical (unpaired) electrons. The number of ether oxygens (including phenoxy) is 1. The van der Waals surface area contributed by atoms with Crippen LogP contribution >= 0.6 is 0 Å². The first kappa shape index (κ1) is 14.8. The summed E-state index contributed by atoms with van der Waals surface area (Å²) in [5.41, 5.74) is 0.461. The zero-order valence-corrected chi connectivity index (χ0v) is 13.4. The molecule has 2 saturated carbocycles. The van der Waals surface area contributed by atoms with E-state index in [4.69, 9.17) is 4.74 Å². The van der Waals surface area contributed by atoms with Gasteiger partial charge in [0.2, 0.25) is 0 Å². The molecule has 3 fully saturated rings. The summed E-state index contributed by atoms with van der Waals surface area (Å²) in [6.45, 7) is 5.57. The standard InChI is InChI=1S/C18H32O2/c1-17(2)9-6-7-15(17)16(19)14-8-12-20-18(13-14)10-4-3-5-11-18/h14-16,19H,3-13H2,1-2H3. The Morgan fingerprint density at radius 2 is 1.75 bits per heavy atom. The van der Waals surface area contributed by atoms with Gasteiger partial charge in [0.15, 0.2) is 0 Å². The van der Waals surface area contributed by atoms with Crippen molar-refractivity contribution in [2.45, 2.75) is 89.8 Å². The summed E-state index contributed by atoms with van der Waals surface area (Å²) in [4.78, 5) is 0. The number of aliphatic hydroxyl groups excluding tert-OH is 1. The van der Waals surface area contributed by atoms with Gasteiger partial charge in [0.1, 0.15) is 0 Å². The average molecular weight is 280 g/mol. The fraction of sp³-hybridized carbons (Fsp3) is 1.00. The van der Waals surface area contributed by atoms with Crippen molar-refractivity contribution < 1.29 is 9.84 Å². The van der Waals surface area contributed by atoms with Gasteiger partial charge >= 0.3 is 0 Å². The Bertz CT molecular complexity index is 325. The van der Waals surface area contributed by atoms with Crippen LogP contribution in [0.1, 0.15) is 78.1 Å². The van der Waals surface area contributed by atoms with Gasteiger partial charge in [-0.3, -0.25) is 0 Å². The highest BCUT2D eigenvalue weighted by atomic mass is 16.5. The van der Waals surface area contributed by atoms with E-state index < -0.39 is 0 Å². The lowest BCUT2D eigenvalue weighted by Crippen LogP contribution is -2.47. The van der Waals surface area contributed by atoms with Crippen LogP contribution in [0.5, 0.6) is 0 Å². The number of aliphatic hydroxyl groups is 1. The Balaban J connectivity index is 1.67. The minimum atomic E-state index is -0.102. The summed E-state index contributed by atoms with van der Waals surface area (Å²) in [6.07, 6.45) is 12.3. The lowest BCUT2D eigenvalue weighted by Gasteiger charge is -2.46. The molecule has 2 nitrogen and oxygen atoms in total. The molecule has 0 amide bonds. The van der Waals surface area contributed by atoms with Crippen molar-refractivity contribution in [1.82, 2.24) is 0 Å². The molecular formula is C18H32O2. The first-order chi connectivity index (χ1) is 9.53. The number of rotatable bonds is 2. The third-order valence-electron chi connectivity index (χ3n) is 6.53. The molecule has 116 valence electrons. The maximum Gasteiger partial charge on any atom is 0.0686 e. The molecule has 1 heterocycles. The predicted octanol–water partition coefficient (Wildman–Crippen LogP) is 4.30. The molecular weight excluding hydrogens is 248 g/mol. The van der Waals surface area contributed by atoms with Crippen molar-refractivity contribution in [3.05, 3.63) is 0 Å². The normalized spacial score (nSPS) is 38.0. The van der Waals surface area contributed by atoms with Crippen LogP contribution < -0.4 is 0 Å². The summed E-state index contributed by atoms with van der Waals surface area (Å²) in [5.74, 6) is 0.982. The van der Waals surface area contributed by atoms with E-state index in [-0.39, 0.29) is 11.7 Å². The minimum absolute atomic E-state index is 0.102. The van der Waals surface area contributed by atoms with Crippen molar-refractivity contribution >= 4 is 0 Å². The Kier molecular flexibility index (Phi) is 4.16. The number of hydrogen-bond donors (Lipinski definition) is 1. The van der Waals surface area contributed by atoms with E-state index >= 15 is 0 Å². The van der Waals surface area contributed by atoms with Crippen molar-refractivity contribution in [3.8, 4) is 0 Å². The summed E-state index contributed by atoms with van der Waals surface area (Å²) < 4.78 is 6.19. The lowest BCUT2D eigenvalue weighted by atomic mass is 9.69. The average Bonchev–Trinajstić information content (AvgIpc) is 2.78. The zero-order valence-electron chi connectivity index (χ0n) is 13.4. The van der Waals surface area contributed by atoms with E-state index in [1.165, 1.54) is 51.4 Å². The van der Waals surface area contributed by atoms with E-state index in [0.717, 1.165) is 19.4 Å². The smallest absolute Gasteiger partial charge is 0.0686 e. The topological polar surface area (TPSA) is 29.5 Å². The Morgan fingerprint density at radius 3 is 2.40 bits per heavy atom. The van der Waals surface area contributed by atoms with Crippen LogP contribution in [0.4, 0.5) is 0 Å². The molecule has 1 aliphatic heterocycles. The second-order valence-electron chi connectivity index (χ2n) is 8.32. The van der Waals surface area contributed by atoms with Crippen LogP contribution in [-0.2, 0) is 4.74 Å². The second kappa shape index (κ2) is 5.61. The maximum absolute atomic E-state index is 11.0. The van der Waals surface area contributed by atoms with Gasteiger partial charge in [0, 0.05) is 6.61 Å². The van der Waals surface area contributed by atoms with E-state index in [1.54, 1.807) is 0 Å². The van der Waals surface area contributed by atoms with Crippen molar-refractivity contribution in [3.63, 3.8) is 0 Å². The van der Waals surface area contributed by atoms with Crippen molar-refractivity contribution in [1.29, 1.82) is 0 Å². The van der Waals surface area contributed by atoms with Gasteiger partial charge in [-0.15, -0.1) is 0 Å². The predicted molar refractivity (Wildman–Crippen MR) is 81.6 cm³/mol. The highest BCUT2D eigenvalue weighted by Gasteiger charge is 2.46. The van der Waals surface area contributed by atoms with E-state index in [2.05, 4.69) is 13.8 Å². The number of hydrogen-bond acceptors (Lipinski definition) is 2. The molecule has 0 aromatic carbocycles. The fourth-order valence-corrected chi connectivity index (χ4v) is 5.22. The molecule has 3 unspecified atom stereocenters. The molecule has 1 spiro atoms. The molecule has 1 N–H and O–H groups in total. The second-order valence-corrected chi connectivity index (χ2v) is 8.32. The molecule has 20 heavy (non-hydrogen) atoms. The molecule has 0 bridgehead atoms. The van der Waals surface area contributed by atoms with Crippen LogP contribution in [0.25, 0.3) is 0 Å². The van der Waals surface area contributed by atoms with Crippen molar-refractivity contribution in [2.24, 2.45) is 17.3 Å².